The van der Waals surface area contributed by atoms with Crippen LogP contribution < -0.4 is 21.3 Å². The van der Waals surface area contributed by atoms with Crippen LogP contribution in [0.25, 0.3) is 11.3 Å². The lowest BCUT2D eigenvalue weighted by Gasteiger charge is -2.10. The molecule has 0 fully saturated rings. The highest BCUT2D eigenvalue weighted by Gasteiger charge is 2.25. The summed E-state index contributed by atoms with van der Waals surface area (Å²) in [5.74, 6) is -0.427. The van der Waals surface area contributed by atoms with Crippen LogP contribution in [-0.2, 0) is 4.79 Å². The lowest BCUT2D eigenvalue weighted by atomic mass is 10.1. The molecule has 0 saturated carbocycles. The molecule has 2 heterocycles. The van der Waals surface area contributed by atoms with Crippen LogP contribution in [0, 0.1) is 5.82 Å². The van der Waals surface area contributed by atoms with E-state index in [1.54, 1.807) is 18.2 Å². The van der Waals surface area contributed by atoms with Gasteiger partial charge in [-0.25, -0.2) is 9.37 Å². The van der Waals surface area contributed by atoms with Crippen molar-refractivity contribution in [3.05, 3.63) is 59.6 Å². The van der Waals surface area contributed by atoms with Crippen molar-refractivity contribution >= 4 is 34.7 Å². The number of anilines is 3. The SMILES string of the molecule is O=C(CCNCCCNCC(F)(F)F)Nc1cc(Nc2cnnc(-c3cc(Cl)ccc3F)c2)ccn1. The Morgan fingerprint density at radius 3 is 2.61 bits per heavy atom. The van der Waals surface area contributed by atoms with Gasteiger partial charge in [-0.2, -0.15) is 23.4 Å². The third-order valence-electron chi connectivity index (χ3n) is 4.74. The summed E-state index contributed by atoms with van der Waals surface area (Å²) < 4.78 is 50.3. The van der Waals surface area contributed by atoms with Crippen LogP contribution in [0.15, 0.2) is 48.8 Å². The maximum atomic E-state index is 14.2. The van der Waals surface area contributed by atoms with Gasteiger partial charge in [0.15, 0.2) is 0 Å². The molecule has 1 aromatic carbocycles. The zero-order chi connectivity index (χ0) is 26.0. The molecule has 2 aromatic heterocycles. The average molecular weight is 526 g/mol. The number of carbonyl (C=O) groups is 1. The minimum atomic E-state index is -4.22. The Hall–Kier alpha value is -3.35. The summed E-state index contributed by atoms with van der Waals surface area (Å²) in [5.41, 5.74) is 1.66. The number of rotatable bonds is 12. The summed E-state index contributed by atoms with van der Waals surface area (Å²) in [6.45, 7) is 0.0615. The first-order valence-corrected chi connectivity index (χ1v) is 11.4. The Morgan fingerprint density at radius 1 is 1.00 bits per heavy atom. The second-order valence-corrected chi connectivity index (χ2v) is 8.14. The molecule has 0 aliphatic carbocycles. The van der Waals surface area contributed by atoms with Crippen LogP contribution >= 0.6 is 11.6 Å². The summed E-state index contributed by atoms with van der Waals surface area (Å²) in [6, 6.07) is 9.08. The van der Waals surface area contributed by atoms with Gasteiger partial charge < -0.3 is 21.3 Å². The van der Waals surface area contributed by atoms with Crippen molar-refractivity contribution in [2.75, 3.05) is 36.8 Å². The van der Waals surface area contributed by atoms with E-state index in [1.807, 2.05) is 0 Å². The van der Waals surface area contributed by atoms with E-state index < -0.39 is 18.5 Å². The van der Waals surface area contributed by atoms with E-state index in [-0.39, 0.29) is 24.4 Å². The van der Waals surface area contributed by atoms with Crippen molar-refractivity contribution < 1.29 is 22.4 Å². The van der Waals surface area contributed by atoms with E-state index in [0.717, 1.165) is 0 Å². The van der Waals surface area contributed by atoms with Crippen LogP contribution in [0.5, 0.6) is 0 Å². The number of benzene rings is 1. The monoisotopic (exact) mass is 525 g/mol. The van der Waals surface area contributed by atoms with E-state index in [4.69, 9.17) is 11.6 Å². The number of halogens is 5. The minimum Gasteiger partial charge on any atom is -0.354 e. The van der Waals surface area contributed by atoms with Gasteiger partial charge in [0.2, 0.25) is 5.91 Å². The number of hydrogen-bond donors (Lipinski definition) is 4. The summed E-state index contributed by atoms with van der Waals surface area (Å²) >= 11 is 5.96. The summed E-state index contributed by atoms with van der Waals surface area (Å²) in [4.78, 5) is 16.3. The minimum absolute atomic E-state index is 0.165. The van der Waals surface area contributed by atoms with Gasteiger partial charge in [0.25, 0.3) is 0 Å². The Balaban J connectivity index is 1.46. The van der Waals surface area contributed by atoms with E-state index in [1.165, 1.54) is 30.6 Å². The average Bonchev–Trinajstić information content (AvgIpc) is 2.82. The van der Waals surface area contributed by atoms with Crippen LogP contribution in [0.3, 0.4) is 0 Å². The lowest BCUT2D eigenvalue weighted by molar-refractivity contribution is -0.124. The smallest absolute Gasteiger partial charge is 0.354 e. The molecule has 1 amide bonds. The fourth-order valence-corrected chi connectivity index (χ4v) is 3.28. The fourth-order valence-electron chi connectivity index (χ4n) is 3.10. The Bertz CT molecular complexity index is 1160. The molecule has 4 N–H and O–H groups in total. The fraction of sp³-hybridized carbons (Fsp3) is 0.304. The molecule has 0 radical (unpaired) electrons. The van der Waals surface area contributed by atoms with Crippen molar-refractivity contribution in [2.24, 2.45) is 0 Å². The lowest BCUT2D eigenvalue weighted by Crippen LogP contribution is -2.31. The number of amides is 1. The van der Waals surface area contributed by atoms with Gasteiger partial charge in [-0.3, -0.25) is 4.79 Å². The molecule has 0 atom stereocenters. The van der Waals surface area contributed by atoms with Crippen LogP contribution in [0.2, 0.25) is 5.02 Å². The van der Waals surface area contributed by atoms with Gasteiger partial charge in [0.05, 0.1) is 24.1 Å². The summed E-state index contributed by atoms with van der Waals surface area (Å²) in [6.07, 6.45) is -0.577. The summed E-state index contributed by atoms with van der Waals surface area (Å²) in [5, 5.41) is 19.4. The van der Waals surface area contributed by atoms with Gasteiger partial charge in [-0.15, -0.1) is 0 Å². The van der Waals surface area contributed by atoms with E-state index in [2.05, 4.69) is 36.4 Å². The van der Waals surface area contributed by atoms with E-state index in [9.17, 15) is 22.4 Å². The molecule has 0 aliphatic heterocycles. The zero-order valence-corrected chi connectivity index (χ0v) is 19.8. The standard InChI is InChI=1S/C23H24ClF4N7O/c24-15-2-3-19(25)18(10-15)20-11-17(13-32-35-20)33-16-4-9-31-21(12-16)34-22(36)5-8-29-6-1-7-30-14-23(26,27)28/h2-4,9-13,29-30H,1,5-8,14H2,(H2,31,33,34,35,36). The van der Waals surface area contributed by atoms with Gasteiger partial charge in [0.1, 0.15) is 11.6 Å². The van der Waals surface area contributed by atoms with Gasteiger partial charge in [0, 0.05) is 41.5 Å². The number of carbonyl (C=O) groups excluding carboxylic acids is 1. The molecule has 8 nitrogen and oxygen atoms in total. The molecule has 192 valence electrons. The third kappa shape index (κ3) is 9.36. The zero-order valence-electron chi connectivity index (χ0n) is 19.0. The molecule has 0 aliphatic rings. The van der Waals surface area contributed by atoms with Crippen LogP contribution in [0.1, 0.15) is 12.8 Å². The molecule has 13 heteroatoms. The Morgan fingerprint density at radius 2 is 1.81 bits per heavy atom. The number of nitrogens with one attached hydrogen (secondary N) is 4. The van der Waals surface area contributed by atoms with Crippen molar-refractivity contribution in [2.45, 2.75) is 19.0 Å². The predicted octanol–water partition coefficient (Wildman–Crippen LogP) is 4.53. The van der Waals surface area contributed by atoms with Gasteiger partial charge in [-0.1, -0.05) is 11.6 Å². The second-order valence-electron chi connectivity index (χ2n) is 7.70. The van der Waals surface area contributed by atoms with Crippen molar-refractivity contribution in [3.8, 4) is 11.3 Å². The first-order valence-electron chi connectivity index (χ1n) is 11.0. The van der Waals surface area contributed by atoms with Gasteiger partial charge in [-0.05, 0) is 49.8 Å². The van der Waals surface area contributed by atoms with Crippen molar-refractivity contribution in [1.82, 2.24) is 25.8 Å². The Kier molecular flexibility index (Phi) is 9.91. The number of nitrogens with zero attached hydrogens (tertiary/aromatic N) is 3. The first-order chi connectivity index (χ1) is 17.2. The van der Waals surface area contributed by atoms with Crippen LogP contribution in [0.4, 0.5) is 34.8 Å². The summed E-state index contributed by atoms with van der Waals surface area (Å²) in [7, 11) is 0. The largest absolute Gasteiger partial charge is 0.401 e. The number of aromatic nitrogens is 3. The highest BCUT2D eigenvalue weighted by Crippen LogP contribution is 2.27. The maximum Gasteiger partial charge on any atom is 0.401 e. The highest BCUT2D eigenvalue weighted by molar-refractivity contribution is 6.30. The predicted molar refractivity (Wildman–Crippen MR) is 130 cm³/mol. The molecular weight excluding hydrogens is 502 g/mol. The quantitative estimate of drug-likeness (QED) is 0.203. The molecule has 0 bridgehead atoms. The number of pyridine rings is 1. The molecule has 3 rings (SSSR count). The van der Waals surface area contributed by atoms with Gasteiger partial charge >= 0.3 is 6.18 Å². The van der Waals surface area contributed by atoms with Crippen molar-refractivity contribution in [3.63, 3.8) is 0 Å². The molecule has 0 saturated heterocycles. The van der Waals surface area contributed by atoms with Crippen LogP contribution in [-0.4, -0.2) is 53.4 Å². The topological polar surface area (TPSA) is 104 Å². The molecule has 0 spiro atoms. The molecule has 3 aromatic rings. The third-order valence-corrected chi connectivity index (χ3v) is 4.97. The van der Waals surface area contributed by atoms with E-state index >= 15 is 0 Å². The maximum absolute atomic E-state index is 14.2. The molecule has 36 heavy (non-hydrogen) atoms. The molecule has 0 unspecified atom stereocenters. The Labute approximate surface area is 209 Å². The second kappa shape index (κ2) is 13.1. The first kappa shape index (κ1) is 27.2. The molecular formula is C23H24ClF4N7O. The number of hydrogen-bond acceptors (Lipinski definition) is 7. The number of alkyl halides is 3. The highest BCUT2D eigenvalue weighted by atomic mass is 35.5. The van der Waals surface area contributed by atoms with E-state index in [0.29, 0.717) is 47.4 Å². The normalized spacial score (nSPS) is 11.4. The van der Waals surface area contributed by atoms with Crippen molar-refractivity contribution in [1.29, 1.82) is 0 Å².